The molecule has 7 nitrogen and oxygen atoms in total. The highest BCUT2D eigenvalue weighted by Gasteiger charge is 2.20. The number of anilines is 1. The number of rotatable bonds is 4. The van der Waals surface area contributed by atoms with Crippen molar-refractivity contribution in [2.75, 3.05) is 18.5 Å². The number of nitrogens with zero attached hydrogens (tertiary/aromatic N) is 3. The first-order chi connectivity index (χ1) is 11.7. The highest BCUT2D eigenvalue weighted by Crippen LogP contribution is 2.36. The van der Waals surface area contributed by atoms with E-state index in [-0.39, 0.29) is 17.6 Å². The highest BCUT2D eigenvalue weighted by atomic mass is 16.5. The molecule has 0 unspecified atom stereocenters. The molecule has 0 amide bonds. The molecule has 2 aromatic heterocycles. The molecule has 124 valence electrons. The van der Waals surface area contributed by atoms with Crippen molar-refractivity contribution in [1.82, 2.24) is 14.4 Å². The molecule has 3 aromatic rings. The number of aromatic nitrogens is 3. The fourth-order valence-corrected chi connectivity index (χ4v) is 3.00. The van der Waals surface area contributed by atoms with Gasteiger partial charge in [0.2, 0.25) is 0 Å². The Labute approximate surface area is 138 Å². The molecule has 3 heterocycles. The zero-order valence-electron chi connectivity index (χ0n) is 13.0. The third kappa shape index (κ3) is 2.63. The van der Waals surface area contributed by atoms with E-state index in [1.54, 1.807) is 18.5 Å². The number of phenols is 2. The van der Waals surface area contributed by atoms with Crippen LogP contribution in [-0.2, 0) is 4.74 Å². The summed E-state index contributed by atoms with van der Waals surface area (Å²) in [6, 6.07) is 4.49. The Morgan fingerprint density at radius 2 is 2.25 bits per heavy atom. The summed E-state index contributed by atoms with van der Waals surface area (Å²) in [5, 5.41) is 23.1. The molecule has 0 saturated carbocycles. The van der Waals surface area contributed by atoms with Crippen LogP contribution in [0, 0.1) is 0 Å². The van der Waals surface area contributed by atoms with E-state index in [0.717, 1.165) is 25.3 Å². The van der Waals surface area contributed by atoms with Crippen LogP contribution in [0.15, 0.2) is 36.8 Å². The Balaban J connectivity index is 1.77. The van der Waals surface area contributed by atoms with E-state index in [9.17, 15) is 10.2 Å². The topological polar surface area (TPSA) is 91.9 Å². The predicted molar refractivity (Wildman–Crippen MR) is 89.2 cm³/mol. The lowest BCUT2D eigenvalue weighted by atomic mass is 10.1. The maximum atomic E-state index is 10.2. The Morgan fingerprint density at radius 3 is 3.04 bits per heavy atom. The number of fused-ring (bicyclic) bond motifs is 1. The molecule has 1 aliphatic rings. The third-order valence-electron chi connectivity index (χ3n) is 4.19. The van der Waals surface area contributed by atoms with Gasteiger partial charge >= 0.3 is 0 Å². The van der Waals surface area contributed by atoms with Crippen LogP contribution < -0.4 is 5.32 Å². The molecule has 3 N–H and O–H groups in total. The second-order valence-corrected chi connectivity index (χ2v) is 5.83. The highest BCUT2D eigenvalue weighted by molar-refractivity contribution is 5.80. The summed E-state index contributed by atoms with van der Waals surface area (Å²) in [6.45, 7) is 1.47. The summed E-state index contributed by atoms with van der Waals surface area (Å²) in [7, 11) is 0. The summed E-state index contributed by atoms with van der Waals surface area (Å²) >= 11 is 0. The zero-order chi connectivity index (χ0) is 16.5. The van der Waals surface area contributed by atoms with Gasteiger partial charge in [0, 0.05) is 37.2 Å². The second kappa shape index (κ2) is 6.01. The molecule has 0 aliphatic carbocycles. The predicted octanol–water partition coefficient (Wildman–Crippen LogP) is 2.40. The molecule has 0 bridgehead atoms. The fourth-order valence-electron chi connectivity index (χ4n) is 3.00. The summed E-state index contributed by atoms with van der Waals surface area (Å²) < 4.78 is 7.55. The number of hydrogen-bond donors (Lipinski definition) is 3. The van der Waals surface area contributed by atoms with Gasteiger partial charge in [-0.3, -0.25) is 9.38 Å². The van der Waals surface area contributed by atoms with E-state index >= 15 is 0 Å². The summed E-state index contributed by atoms with van der Waals surface area (Å²) in [5.74, 6) is 0.756. The average Bonchev–Trinajstić information content (AvgIpc) is 3.20. The lowest BCUT2D eigenvalue weighted by molar-refractivity contribution is 0.120. The van der Waals surface area contributed by atoms with Crippen LogP contribution in [0.5, 0.6) is 11.5 Å². The normalized spacial score (nSPS) is 17.4. The number of ether oxygens (including phenoxy) is 1. The first-order valence-corrected chi connectivity index (χ1v) is 7.92. The summed E-state index contributed by atoms with van der Waals surface area (Å²) in [5.41, 5.74) is 1.83. The number of nitrogens with one attached hydrogen (secondary N) is 1. The second-order valence-electron chi connectivity index (χ2n) is 5.83. The Bertz CT molecular complexity index is 871. The quantitative estimate of drug-likeness (QED) is 0.682. The van der Waals surface area contributed by atoms with E-state index < -0.39 is 0 Å². The van der Waals surface area contributed by atoms with Crippen LogP contribution in [0.25, 0.3) is 16.9 Å². The van der Waals surface area contributed by atoms with Crippen molar-refractivity contribution in [2.24, 2.45) is 0 Å². The minimum atomic E-state index is -0.0217. The van der Waals surface area contributed by atoms with Gasteiger partial charge < -0.3 is 20.3 Å². The van der Waals surface area contributed by atoms with Crippen molar-refractivity contribution in [3.05, 3.63) is 36.8 Å². The Morgan fingerprint density at radius 1 is 1.33 bits per heavy atom. The van der Waals surface area contributed by atoms with Crippen LogP contribution in [0.2, 0.25) is 0 Å². The molecule has 0 spiro atoms. The number of hydrogen-bond acceptors (Lipinski definition) is 6. The van der Waals surface area contributed by atoms with Gasteiger partial charge in [0.05, 0.1) is 12.3 Å². The van der Waals surface area contributed by atoms with Gasteiger partial charge in [-0.05, 0) is 25.0 Å². The Kier molecular flexibility index (Phi) is 3.70. The monoisotopic (exact) mass is 326 g/mol. The van der Waals surface area contributed by atoms with Crippen molar-refractivity contribution in [3.63, 3.8) is 0 Å². The molecule has 1 fully saturated rings. The SMILES string of the molecule is Oc1ccc(-c2nc3cnccn3c2NC[C@H]2CCCO2)c(O)c1. The van der Waals surface area contributed by atoms with Crippen molar-refractivity contribution in [3.8, 4) is 22.8 Å². The van der Waals surface area contributed by atoms with Gasteiger partial charge in [-0.1, -0.05) is 0 Å². The van der Waals surface area contributed by atoms with Crippen molar-refractivity contribution in [2.45, 2.75) is 18.9 Å². The van der Waals surface area contributed by atoms with E-state index in [1.165, 1.54) is 12.1 Å². The van der Waals surface area contributed by atoms with Gasteiger partial charge in [-0.15, -0.1) is 0 Å². The molecule has 1 saturated heterocycles. The van der Waals surface area contributed by atoms with Gasteiger partial charge in [-0.25, -0.2) is 4.98 Å². The van der Waals surface area contributed by atoms with E-state index in [0.29, 0.717) is 23.4 Å². The van der Waals surface area contributed by atoms with Crippen LogP contribution in [-0.4, -0.2) is 43.8 Å². The molecule has 1 aromatic carbocycles. The van der Waals surface area contributed by atoms with Gasteiger partial charge in [-0.2, -0.15) is 0 Å². The molecule has 24 heavy (non-hydrogen) atoms. The maximum Gasteiger partial charge on any atom is 0.157 e. The molecule has 0 radical (unpaired) electrons. The first-order valence-electron chi connectivity index (χ1n) is 7.92. The summed E-state index contributed by atoms with van der Waals surface area (Å²) in [4.78, 5) is 8.67. The van der Waals surface area contributed by atoms with Crippen LogP contribution in [0.4, 0.5) is 5.82 Å². The third-order valence-corrected chi connectivity index (χ3v) is 4.19. The number of phenolic OH excluding ortho intramolecular Hbond substituents is 2. The van der Waals surface area contributed by atoms with Crippen LogP contribution in [0.3, 0.4) is 0 Å². The zero-order valence-corrected chi connectivity index (χ0v) is 13.0. The number of benzene rings is 1. The molecule has 4 rings (SSSR count). The lowest BCUT2D eigenvalue weighted by Gasteiger charge is -2.13. The van der Waals surface area contributed by atoms with E-state index in [2.05, 4.69) is 15.3 Å². The average molecular weight is 326 g/mol. The van der Waals surface area contributed by atoms with Crippen molar-refractivity contribution in [1.29, 1.82) is 0 Å². The van der Waals surface area contributed by atoms with E-state index in [4.69, 9.17) is 4.74 Å². The van der Waals surface area contributed by atoms with Crippen molar-refractivity contribution >= 4 is 11.5 Å². The summed E-state index contributed by atoms with van der Waals surface area (Å²) in [6.07, 6.45) is 7.46. The Hall–Kier alpha value is -2.80. The number of aromatic hydroxyl groups is 2. The van der Waals surface area contributed by atoms with E-state index in [1.807, 2.05) is 10.6 Å². The molecule has 7 heteroatoms. The fraction of sp³-hybridized carbons (Fsp3) is 0.294. The van der Waals surface area contributed by atoms with Gasteiger partial charge in [0.1, 0.15) is 23.0 Å². The van der Waals surface area contributed by atoms with Crippen molar-refractivity contribution < 1.29 is 14.9 Å². The molecular weight excluding hydrogens is 308 g/mol. The van der Waals surface area contributed by atoms with Crippen LogP contribution >= 0.6 is 0 Å². The molecular formula is C17H18N4O3. The first kappa shape index (κ1) is 14.8. The lowest BCUT2D eigenvalue weighted by Crippen LogP contribution is -2.19. The molecule has 1 aliphatic heterocycles. The smallest absolute Gasteiger partial charge is 0.157 e. The van der Waals surface area contributed by atoms with Crippen LogP contribution in [0.1, 0.15) is 12.8 Å². The molecule has 1 atom stereocenters. The minimum Gasteiger partial charge on any atom is -0.508 e. The maximum absolute atomic E-state index is 10.2. The minimum absolute atomic E-state index is 0.00976. The largest absolute Gasteiger partial charge is 0.508 e. The number of imidazole rings is 1. The van der Waals surface area contributed by atoms with Gasteiger partial charge in [0.15, 0.2) is 5.65 Å². The van der Waals surface area contributed by atoms with Gasteiger partial charge in [0.25, 0.3) is 0 Å². The standard InChI is InChI=1S/C17H18N4O3/c22-11-3-4-13(14(23)8-11)16-17(19-9-12-2-1-7-24-12)21-6-5-18-10-15(21)20-16/h3-6,8,10,12,19,22-23H,1-2,7,9H2/t12-/m1/s1.